The zero-order chi connectivity index (χ0) is 23.8. The molecule has 0 radical (unpaired) electrons. The van der Waals surface area contributed by atoms with Gasteiger partial charge in [0.2, 0.25) is 5.88 Å². The van der Waals surface area contributed by atoms with Gasteiger partial charge in [0.05, 0.1) is 12.2 Å². The summed E-state index contributed by atoms with van der Waals surface area (Å²) in [5.74, 6) is 0.369. The van der Waals surface area contributed by atoms with Crippen molar-refractivity contribution in [1.82, 2.24) is 4.98 Å². The van der Waals surface area contributed by atoms with Crippen LogP contribution in [0.25, 0.3) is 11.1 Å². The van der Waals surface area contributed by atoms with Gasteiger partial charge in [-0.2, -0.15) is 5.26 Å². The third kappa shape index (κ3) is 7.53. The number of benzene rings is 1. The summed E-state index contributed by atoms with van der Waals surface area (Å²) in [5.41, 5.74) is 2.79. The van der Waals surface area contributed by atoms with Gasteiger partial charge in [-0.3, -0.25) is 0 Å². The first-order chi connectivity index (χ1) is 15.1. The molecule has 0 aliphatic rings. The van der Waals surface area contributed by atoms with Gasteiger partial charge in [0.25, 0.3) is 0 Å². The number of nitriles is 1. The summed E-state index contributed by atoms with van der Waals surface area (Å²) in [4.78, 5) is 6.78. The fourth-order valence-electron chi connectivity index (χ4n) is 3.55. The molecule has 1 aromatic heterocycles. The van der Waals surface area contributed by atoms with Crippen molar-refractivity contribution in [3.63, 3.8) is 0 Å². The number of ether oxygens (including phenoxy) is 2. The van der Waals surface area contributed by atoms with Crippen molar-refractivity contribution in [2.75, 3.05) is 24.6 Å². The average molecular weight is 438 g/mol. The molecule has 32 heavy (non-hydrogen) atoms. The summed E-state index contributed by atoms with van der Waals surface area (Å²) >= 11 is 0. The molecule has 0 aliphatic heterocycles. The second kappa shape index (κ2) is 11.3. The molecule has 0 unspecified atom stereocenters. The number of hydrogen-bond donors (Lipinski definition) is 0. The Balaban J connectivity index is 2.24. The van der Waals surface area contributed by atoms with E-state index in [1.54, 1.807) is 6.20 Å². The summed E-state index contributed by atoms with van der Waals surface area (Å²) in [6.07, 6.45) is 4.63. The molecule has 0 saturated heterocycles. The highest BCUT2D eigenvalue weighted by Gasteiger charge is 2.25. The van der Waals surface area contributed by atoms with E-state index >= 15 is 0 Å². The lowest BCUT2D eigenvalue weighted by molar-refractivity contribution is -0.0300. The SMILES string of the molecule is CCCN(CCC)c1ccc(-c2ccnc(OC(C)(C)CCOC(C)(C)C)c2C#N)cc1. The van der Waals surface area contributed by atoms with E-state index in [2.05, 4.69) is 54.1 Å². The highest BCUT2D eigenvalue weighted by molar-refractivity contribution is 5.73. The Bertz CT molecular complexity index is 887. The van der Waals surface area contributed by atoms with E-state index in [0.29, 0.717) is 24.5 Å². The third-order valence-corrected chi connectivity index (χ3v) is 5.17. The Morgan fingerprint density at radius 2 is 1.59 bits per heavy atom. The Labute approximate surface area is 194 Å². The largest absolute Gasteiger partial charge is 0.471 e. The van der Waals surface area contributed by atoms with Crippen molar-refractivity contribution >= 4 is 5.69 Å². The van der Waals surface area contributed by atoms with Crippen LogP contribution in [0.5, 0.6) is 5.88 Å². The molecule has 5 nitrogen and oxygen atoms in total. The minimum Gasteiger partial charge on any atom is -0.471 e. The minimum atomic E-state index is -0.507. The minimum absolute atomic E-state index is 0.192. The van der Waals surface area contributed by atoms with E-state index in [9.17, 15) is 5.26 Å². The molecule has 0 atom stereocenters. The molecule has 0 N–H and O–H groups in total. The number of hydrogen-bond acceptors (Lipinski definition) is 5. The maximum Gasteiger partial charge on any atom is 0.232 e. The molecule has 1 heterocycles. The van der Waals surface area contributed by atoms with Gasteiger partial charge in [0.15, 0.2) is 0 Å². The van der Waals surface area contributed by atoms with Crippen LogP contribution in [0.15, 0.2) is 36.5 Å². The van der Waals surface area contributed by atoms with Crippen molar-refractivity contribution in [3.8, 4) is 23.1 Å². The Morgan fingerprint density at radius 1 is 0.969 bits per heavy atom. The van der Waals surface area contributed by atoms with Crippen molar-refractivity contribution in [2.24, 2.45) is 0 Å². The molecular formula is C27H39N3O2. The maximum absolute atomic E-state index is 9.92. The van der Waals surface area contributed by atoms with E-state index in [4.69, 9.17) is 9.47 Å². The second-order valence-electron chi connectivity index (χ2n) is 9.76. The number of nitrogens with zero attached hydrogens (tertiary/aromatic N) is 3. The standard InChI is InChI=1S/C27H39N3O2/c1-8-17-30(18-9-2)22-12-10-21(11-13-22)23-14-16-29-25(24(23)20-28)32-27(6,7)15-19-31-26(3,4)5/h10-14,16H,8-9,15,17-19H2,1-7H3. The molecule has 5 heteroatoms. The Hall–Kier alpha value is -2.58. The van der Waals surface area contributed by atoms with Crippen LogP contribution in [-0.4, -0.2) is 35.9 Å². The highest BCUT2D eigenvalue weighted by Crippen LogP contribution is 2.32. The van der Waals surface area contributed by atoms with E-state index in [1.165, 1.54) is 5.69 Å². The molecule has 0 spiro atoms. The molecule has 2 rings (SSSR count). The van der Waals surface area contributed by atoms with Gasteiger partial charge in [0.1, 0.15) is 17.2 Å². The zero-order valence-electron chi connectivity index (χ0n) is 20.9. The van der Waals surface area contributed by atoms with Crippen LogP contribution < -0.4 is 9.64 Å². The number of rotatable bonds is 11. The normalized spacial score (nSPS) is 11.8. The lowest BCUT2D eigenvalue weighted by Gasteiger charge is -2.28. The first-order valence-electron chi connectivity index (χ1n) is 11.7. The number of anilines is 1. The predicted octanol–water partition coefficient (Wildman–Crippen LogP) is 6.61. The van der Waals surface area contributed by atoms with Gasteiger partial charge in [-0.05, 0) is 71.2 Å². The number of pyridine rings is 1. The van der Waals surface area contributed by atoms with Crippen LogP contribution in [0.4, 0.5) is 5.69 Å². The first-order valence-corrected chi connectivity index (χ1v) is 11.7. The summed E-state index contributed by atoms with van der Waals surface area (Å²) in [5, 5.41) is 9.92. The molecule has 0 saturated carbocycles. The predicted molar refractivity (Wildman–Crippen MR) is 132 cm³/mol. The lowest BCUT2D eigenvalue weighted by atomic mass is 10.0. The van der Waals surface area contributed by atoms with Crippen molar-refractivity contribution < 1.29 is 9.47 Å². The van der Waals surface area contributed by atoms with Crippen LogP contribution in [-0.2, 0) is 4.74 Å². The average Bonchev–Trinajstić information content (AvgIpc) is 2.72. The fraction of sp³-hybridized carbons (Fsp3) is 0.556. The summed E-state index contributed by atoms with van der Waals surface area (Å²) in [6, 6.07) is 12.6. The van der Waals surface area contributed by atoms with Crippen LogP contribution in [0.2, 0.25) is 0 Å². The lowest BCUT2D eigenvalue weighted by Crippen LogP contribution is -2.32. The smallest absolute Gasteiger partial charge is 0.232 e. The molecule has 0 amide bonds. The summed E-state index contributed by atoms with van der Waals surface area (Å²) in [6.45, 7) is 17.2. The van der Waals surface area contributed by atoms with Crippen LogP contribution in [0.3, 0.4) is 0 Å². The van der Waals surface area contributed by atoms with Gasteiger partial charge in [-0.25, -0.2) is 4.98 Å². The molecule has 1 aromatic carbocycles. The molecule has 0 fully saturated rings. The monoisotopic (exact) mass is 437 g/mol. The van der Waals surface area contributed by atoms with Gasteiger partial charge < -0.3 is 14.4 Å². The van der Waals surface area contributed by atoms with Gasteiger partial charge >= 0.3 is 0 Å². The number of aromatic nitrogens is 1. The Kier molecular flexibility index (Phi) is 9.09. The van der Waals surface area contributed by atoms with E-state index in [1.807, 2.05) is 40.7 Å². The van der Waals surface area contributed by atoms with Gasteiger partial charge in [-0.15, -0.1) is 0 Å². The highest BCUT2D eigenvalue weighted by atomic mass is 16.5. The fourth-order valence-corrected chi connectivity index (χ4v) is 3.55. The van der Waals surface area contributed by atoms with Crippen molar-refractivity contribution in [2.45, 2.75) is 78.9 Å². The summed E-state index contributed by atoms with van der Waals surface area (Å²) < 4.78 is 12.1. The van der Waals surface area contributed by atoms with E-state index in [0.717, 1.165) is 37.1 Å². The van der Waals surface area contributed by atoms with Crippen molar-refractivity contribution in [3.05, 3.63) is 42.1 Å². The second-order valence-corrected chi connectivity index (χ2v) is 9.76. The quantitative estimate of drug-likeness (QED) is 0.396. The van der Waals surface area contributed by atoms with Crippen molar-refractivity contribution in [1.29, 1.82) is 5.26 Å². The maximum atomic E-state index is 9.92. The summed E-state index contributed by atoms with van der Waals surface area (Å²) in [7, 11) is 0. The van der Waals surface area contributed by atoms with Crippen LogP contribution >= 0.6 is 0 Å². The third-order valence-electron chi connectivity index (χ3n) is 5.17. The molecule has 0 bridgehead atoms. The van der Waals surface area contributed by atoms with Gasteiger partial charge in [-0.1, -0.05) is 26.0 Å². The zero-order valence-corrected chi connectivity index (χ0v) is 20.9. The van der Waals surface area contributed by atoms with E-state index < -0.39 is 5.60 Å². The van der Waals surface area contributed by atoms with Crippen LogP contribution in [0, 0.1) is 11.3 Å². The first kappa shape index (κ1) is 25.7. The molecule has 174 valence electrons. The molecular weight excluding hydrogens is 398 g/mol. The van der Waals surface area contributed by atoms with Gasteiger partial charge in [0, 0.05) is 37.0 Å². The molecule has 0 aliphatic carbocycles. The van der Waals surface area contributed by atoms with Crippen LogP contribution in [0.1, 0.15) is 73.3 Å². The van der Waals surface area contributed by atoms with E-state index in [-0.39, 0.29) is 5.60 Å². The Morgan fingerprint density at radius 3 is 2.12 bits per heavy atom. The topological polar surface area (TPSA) is 58.4 Å². The molecule has 2 aromatic rings.